The van der Waals surface area contributed by atoms with E-state index in [1.165, 1.54) is 12.1 Å². The molecule has 0 spiro atoms. The number of rotatable bonds is 9. The summed E-state index contributed by atoms with van der Waals surface area (Å²) >= 11 is 9.48. The Hall–Kier alpha value is -1.83. The van der Waals surface area contributed by atoms with Gasteiger partial charge in [-0.05, 0) is 52.7 Å². The fourth-order valence-electron chi connectivity index (χ4n) is 2.23. The number of carboxylic acid groups (broad SMARTS) is 1. The van der Waals surface area contributed by atoms with Crippen LogP contribution in [-0.2, 0) is 17.9 Å². The van der Waals surface area contributed by atoms with Crippen molar-refractivity contribution >= 4 is 33.5 Å². The van der Waals surface area contributed by atoms with Gasteiger partial charge in [-0.15, -0.1) is 0 Å². The molecule has 0 aliphatic carbocycles. The Kier molecular flexibility index (Phi) is 7.68. The predicted octanol–water partition coefficient (Wildman–Crippen LogP) is 4.39. The van der Waals surface area contributed by atoms with Crippen LogP contribution in [0.1, 0.15) is 18.1 Å². The van der Waals surface area contributed by atoms with Gasteiger partial charge in [0.05, 0.1) is 22.6 Å². The van der Waals surface area contributed by atoms with E-state index in [1.54, 1.807) is 12.1 Å². The molecular formula is C18H18BrClFNO4. The summed E-state index contributed by atoms with van der Waals surface area (Å²) in [5.41, 5.74) is 1.49. The molecule has 5 nitrogen and oxygen atoms in total. The highest BCUT2D eigenvalue weighted by atomic mass is 79.9. The van der Waals surface area contributed by atoms with Crippen molar-refractivity contribution in [1.29, 1.82) is 0 Å². The van der Waals surface area contributed by atoms with Crippen LogP contribution in [0.25, 0.3) is 0 Å². The molecule has 0 saturated heterocycles. The maximum atomic E-state index is 13.1. The van der Waals surface area contributed by atoms with E-state index in [2.05, 4.69) is 21.2 Å². The van der Waals surface area contributed by atoms with Gasteiger partial charge in [0.15, 0.2) is 11.5 Å². The van der Waals surface area contributed by atoms with Crippen LogP contribution in [0.3, 0.4) is 0 Å². The van der Waals surface area contributed by atoms with Crippen LogP contribution >= 0.6 is 27.5 Å². The number of hydrogen-bond donors (Lipinski definition) is 2. The van der Waals surface area contributed by atoms with Crippen molar-refractivity contribution in [3.8, 4) is 11.5 Å². The predicted molar refractivity (Wildman–Crippen MR) is 100 cm³/mol. The van der Waals surface area contributed by atoms with E-state index in [4.69, 9.17) is 26.2 Å². The lowest BCUT2D eigenvalue weighted by Gasteiger charge is -2.16. The normalized spacial score (nSPS) is 10.6. The minimum atomic E-state index is -0.926. The molecule has 0 aliphatic rings. The molecule has 0 unspecified atom stereocenters. The largest absolute Gasteiger partial charge is 0.490 e. The van der Waals surface area contributed by atoms with Gasteiger partial charge in [-0.2, -0.15) is 0 Å². The summed E-state index contributed by atoms with van der Waals surface area (Å²) in [5, 5.41) is 11.8. The van der Waals surface area contributed by atoms with Gasteiger partial charge in [-0.3, -0.25) is 4.79 Å². The van der Waals surface area contributed by atoms with Gasteiger partial charge in [0, 0.05) is 12.1 Å². The van der Waals surface area contributed by atoms with Crippen molar-refractivity contribution < 1.29 is 23.8 Å². The zero-order chi connectivity index (χ0) is 19.1. The average molecular weight is 447 g/mol. The van der Waals surface area contributed by atoms with E-state index in [-0.39, 0.29) is 18.2 Å². The molecule has 26 heavy (non-hydrogen) atoms. The van der Waals surface area contributed by atoms with Crippen molar-refractivity contribution in [2.24, 2.45) is 0 Å². The third kappa shape index (κ3) is 5.86. The first kappa shape index (κ1) is 20.5. The van der Waals surface area contributed by atoms with Gasteiger partial charge in [-0.25, -0.2) is 4.39 Å². The number of ether oxygens (including phenoxy) is 2. The maximum Gasteiger partial charge on any atom is 0.317 e. The first-order valence-electron chi connectivity index (χ1n) is 7.85. The quantitative estimate of drug-likeness (QED) is 0.598. The van der Waals surface area contributed by atoms with E-state index in [0.29, 0.717) is 34.7 Å². The molecule has 140 valence electrons. The van der Waals surface area contributed by atoms with Crippen molar-refractivity contribution in [2.75, 3.05) is 13.2 Å². The zero-order valence-electron chi connectivity index (χ0n) is 14.0. The van der Waals surface area contributed by atoms with Gasteiger partial charge in [-0.1, -0.05) is 17.7 Å². The number of carboxylic acids is 1. The number of benzene rings is 2. The highest BCUT2D eigenvalue weighted by Crippen LogP contribution is 2.37. The molecule has 0 radical (unpaired) electrons. The van der Waals surface area contributed by atoms with Gasteiger partial charge in [0.2, 0.25) is 0 Å². The molecule has 2 rings (SSSR count). The highest BCUT2D eigenvalue weighted by molar-refractivity contribution is 9.10. The third-order valence-electron chi connectivity index (χ3n) is 3.36. The van der Waals surface area contributed by atoms with Crippen LogP contribution in [0, 0.1) is 5.82 Å². The molecule has 2 N–H and O–H groups in total. The fourth-order valence-corrected chi connectivity index (χ4v) is 3.05. The summed E-state index contributed by atoms with van der Waals surface area (Å²) in [6.45, 7) is 2.67. The maximum absolute atomic E-state index is 13.1. The van der Waals surface area contributed by atoms with Crippen LogP contribution in [0.15, 0.2) is 34.8 Å². The summed E-state index contributed by atoms with van der Waals surface area (Å²) in [6.07, 6.45) is 0. The Morgan fingerprint density at radius 1 is 1.31 bits per heavy atom. The van der Waals surface area contributed by atoms with Crippen molar-refractivity contribution in [1.82, 2.24) is 5.32 Å². The SMILES string of the molecule is CCOc1cc(CNCC(=O)O)cc(Br)c1OCc1ccc(F)cc1Cl. The van der Waals surface area contributed by atoms with Gasteiger partial charge >= 0.3 is 5.97 Å². The molecule has 0 atom stereocenters. The summed E-state index contributed by atoms with van der Waals surface area (Å²) in [4.78, 5) is 10.6. The summed E-state index contributed by atoms with van der Waals surface area (Å²) in [5.74, 6) is -0.320. The Labute approximate surface area is 164 Å². The van der Waals surface area contributed by atoms with Crippen molar-refractivity contribution in [3.05, 3.63) is 56.8 Å². The molecule has 0 bridgehead atoms. The monoisotopic (exact) mass is 445 g/mol. The minimum Gasteiger partial charge on any atom is -0.490 e. The van der Waals surface area contributed by atoms with E-state index < -0.39 is 11.8 Å². The lowest BCUT2D eigenvalue weighted by Crippen LogP contribution is -2.21. The Balaban J connectivity index is 2.16. The topological polar surface area (TPSA) is 67.8 Å². The fraction of sp³-hybridized carbons (Fsp3) is 0.278. The second-order valence-electron chi connectivity index (χ2n) is 5.36. The number of halogens is 3. The first-order valence-corrected chi connectivity index (χ1v) is 9.02. The summed E-state index contributed by atoms with van der Waals surface area (Å²) < 4.78 is 25.3. The second kappa shape index (κ2) is 9.75. The van der Waals surface area contributed by atoms with Gasteiger partial charge in [0.1, 0.15) is 12.4 Å². The standard InChI is InChI=1S/C18H18BrClFNO4/c1-2-25-16-6-11(8-22-9-17(23)24)5-14(19)18(16)26-10-12-3-4-13(21)7-15(12)20/h3-7,22H,2,8-10H2,1H3,(H,23,24). The molecule has 0 fully saturated rings. The van der Waals surface area contributed by atoms with Gasteiger partial charge < -0.3 is 19.9 Å². The lowest BCUT2D eigenvalue weighted by molar-refractivity contribution is -0.135. The summed E-state index contributed by atoms with van der Waals surface area (Å²) in [6, 6.07) is 7.72. The van der Waals surface area contributed by atoms with E-state index in [0.717, 1.165) is 5.56 Å². The van der Waals surface area contributed by atoms with Crippen LogP contribution in [0.5, 0.6) is 11.5 Å². The smallest absolute Gasteiger partial charge is 0.317 e. The number of hydrogen-bond acceptors (Lipinski definition) is 4. The van der Waals surface area contributed by atoms with E-state index in [9.17, 15) is 9.18 Å². The molecule has 0 amide bonds. The molecule has 2 aromatic rings. The molecule has 0 heterocycles. The van der Waals surface area contributed by atoms with Crippen molar-refractivity contribution in [3.63, 3.8) is 0 Å². The first-order chi connectivity index (χ1) is 12.4. The number of aliphatic carboxylic acids is 1. The molecule has 8 heteroatoms. The van der Waals surface area contributed by atoms with Crippen molar-refractivity contribution in [2.45, 2.75) is 20.1 Å². The minimum absolute atomic E-state index is 0.136. The van der Waals surface area contributed by atoms with Crippen LogP contribution < -0.4 is 14.8 Å². The highest BCUT2D eigenvalue weighted by Gasteiger charge is 2.14. The molecule has 0 aliphatic heterocycles. The zero-order valence-corrected chi connectivity index (χ0v) is 16.4. The number of nitrogens with one attached hydrogen (secondary N) is 1. The number of carbonyl (C=O) groups is 1. The summed E-state index contributed by atoms with van der Waals surface area (Å²) in [7, 11) is 0. The Morgan fingerprint density at radius 3 is 2.73 bits per heavy atom. The second-order valence-corrected chi connectivity index (χ2v) is 6.62. The van der Waals surface area contributed by atoms with Crippen LogP contribution in [0.4, 0.5) is 4.39 Å². The molecule has 0 aromatic heterocycles. The molecule has 2 aromatic carbocycles. The van der Waals surface area contributed by atoms with Crippen LogP contribution in [-0.4, -0.2) is 24.2 Å². The van der Waals surface area contributed by atoms with E-state index in [1.807, 2.05) is 13.0 Å². The van der Waals surface area contributed by atoms with Gasteiger partial charge in [0.25, 0.3) is 0 Å². The molecule has 0 saturated carbocycles. The third-order valence-corrected chi connectivity index (χ3v) is 4.30. The molecular weight excluding hydrogens is 429 g/mol. The van der Waals surface area contributed by atoms with Crippen LogP contribution in [0.2, 0.25) is 5.02 Å². The Morgan fingerprint density at radius 2 is 2.08 bits per heavy atom. The lowest BCUT2D eigenvalue weighted by atomic mass is 10.2. The van der Waals surface area contributed by atoms with E-state index >= 15 is 0 Å². The Bertz CT molecular complexity index is 788. The average Bonchev–Trinajstić information content (AvgIpc) is 2.55.